The third kappa shape index (κ3) is 3.46. The maximum Gasteiger partial charge on any atom is 0.0144 e. The minimum atomic E-state index is -0.260. The van der Waals surface area contributed by atoms with Crippen molar-refractivity contribution >= 4 is 26.1 Å². The van der Waals surface area contributed by atoms with Crippen molar-refractivity contribution in [3.05, 3.63) is 83.4 Å². The molecule has 0 unspecified atom stereocenters. The molecule has 0 bridgehead atoms. The Hall–Kier alpha value is -1.35. The van der Waals surface area contributed by atoms with E-state index in [1.807, 2.05) is 0 Å². The van der Waals surface area contributed by atoms with Crippen molar-refractivity contribution in [1.82, 2.24) is 0 Å². The molecule has 0 N–H and O–H groups in total. The Morgan fingerprint density at radius 1 is 0.714 bits per heavy atom. The van der Waals surface area contributed by atoms with Crippen molar-refractivity contribution in [3.63, 3.8) is 0 Å². The Morgan fingerprint density at radius 3 is 1.57 bits per heavy atom. The Balaban J connectivity index is 1.97. The summed E-state index contributed by atoms with van der Waals surface area (Å²) >= 11 is 0. The topological polar surface area (TPSA) is 0 Å². The predicted octanol–water partition coefficient (Wildman–Crippen LogP) is 5.38. The van der Waals surface area contributed by atoms with Crippen LogP contribution in [0, 0.1) is 13.8 Å². The smallest absolute Gasteiger partial charge is 0.0144 e. The van der Waals surface area contributed by atoms with Gasteiger partial charge in [0, 0.05) is 5.90 Å². The van der Waals surface area contributed by atoms with Gasteiger partial charge in [-0.05, 0) is 55.1 Å². The number of rotatable bonds is 4. The SMILES string of the molecule is Cc1cp(CP(c2ccccc2)c2ccccc2)cc1C. The highest BCUT2D eigenvalue weighted by molar-refractivity contribution is 7.79. The Morgan fingerprint density at radius 2 is 1.14 bits per heavy atom. The van der Waals surface area contributed by atoms with E-state index in [2.05, 4.69) is 86.1 Å². The fourth-order valence-electron chi connectivity index (χ4n) is 2.51. The summed E-state index contributed by atoms with van der Waals surface area (Å²) in [6, 6.07) is 22.0. The van der Waals surface area contributed by atoms with Crippen molar-refractivity contribution in [2.45, 2.75) is 19.8 Å². The number of benzene rings is 2. The lowest BCUT2D eigenvalue weighted by Gasteiger charge is -2.18. The van der Waals surface area contributed by atoms with Gasteiger partial charge in [-0.15, -0.1) is 7.53 Å². The molecule has 0 aliphatic carbocycles. The molecule has 106 valence electrons. The molecule has 3 rings (SSSR count). The summed E-state index contributed by atoms with van der Waals surface area (Å²) in [7, 11) is -0.366. The maximum atomic E-state index is 2.49. The third-order valence-electron chi connectivity index (χ3n) is 3.78. The van der Waals surface area contributed by atoms with Crippen LogP contribution in [-0.4, -0.2) is 0 Å². The van der Waals surface area contributed by atoms with Crippen LogP contribution in [0.1, 0.15) is 11.1 Å². The molecule has 0 amide bonds. The van der Waals surface area contributed by atoms with E-state index in [1.165, 1.54) is 27.6 Å². The minimum absolute atomic E-state index is 0.106. The molecule has 0 saturated carbocycles. The van der Waals surface area contributed by atoms with E-state index in [-0.39, 0.29) is 15.5 Å². The first-order chi connectivity index (χ1) is 10.2. The van der Waals surface area contributed by atoms with Crippen molar-refractivity contribution < 1.29 is 0 Å². The van der Waals surface area contributed by atoms with E-state index in [4.69, 9.17) is 0 Å². The lowest BCUT2D eigenvalue weighted by Crippen LogP contribution is -2.11. The van der Waals surface area contributed by atoms with Gasteiger partial charge in [0.15, 0.2) is 0 Å². The molecule has 0 radical (unpaired) electrons. The van der Waals surface area contributed by atoms with Crippen LogP contribution in [0.5, 0.6) is 0 Å². The minimum Gasteiger partial charge on any atom is -0.119 e. The van der Waals surface area contributed by atoms with Crippen LogP contribution in [0.15, 0.2) is 72.3 Å². The molecule has 0 spiro atoms. The first-order valence-corrected chi connectivity index (χ1v) is 10.4. The van der Waals surface area contributed by atoms with Gasteiger partial charge in [0.2, 0.25) is 0 Å². The largest absolute Gasteiger partial charge is 0.119 e. The van der Waals surface area contributed by atoms with Crippen molar-refractivity contribution in [2.75, 3.05) is 0 Å². The summed E-state index contributed by atoms with van der Waals surface area (Å²) in [5, 5.41) is 2.98. The number of hydrogen-bond donors (Lipinski definition) is 0. The molecule has 0 aliphatic rings. The molecule has 0 nitrogen and oxygen atoms in total. The maximum absolute atomic E-state index is 2.49. The molecule has 1 aromatic heterocycles. The molecule has 3 aromatic rings. The molecule has 0 saturated heterocycles. The zero-order valence-corrected chi connectivity index (χ0v) is 14.3. The zero-order chi connectivity index (χ0) is 14.7. The second-order valence-electron chi connectivity index (χ2n) is 5.38. The average Bonchev–Trinajstić information content (AvgIpc) is 2.85. The van der Waals surface area contributed by atoms with Gasteiger partial charge < -0.3 is 0 Å². The summed E-state index contributed by atoms with van der Waals surface area (Å²) in [4.78, 5) is 0. The average molecular weight is 310 g/mol. The van der Waals surface area contributed by atoms with Gasteiger partial charge >= 0.3 is 0 Å². The van der Waals surface area contributed by atoms with Crippen LogP contribution in [0.25, 0.3) is 0 Å². The molecular formula is C19H20P2. The normalized spacial score (nSPS) is 11.0. The van der Waals surface area contributed by atoms with Gasteiger partial charge in [0.1, 0.15) is 0 Å². The lowest BCUT2D eigenvalue weighted by molar-refractivity contribution is 1.41. The standard InChI is InChI=1S/C19H20P2/c1-16-13-20(14-17(16)2)15-21(18-9-5-3-6-10-18)19-11-7-4-8-12-19/h3-14H,15H2,1-2H3. The highest BCUT2D eigenvalue weighted by atomic mass is 31.2. The monoisotopic (exact) mass is 310 g/mol. The first kappa shape index (κ1) is 14.6. The lowest BCUT2D eigenvalue weighted by atomic mass is 10.2. The second kappa shape index (κ2) is 6.61. The summed E-state index contributed by atoms with van der Waals surface area (Å²) in [5.74, 6) is 6.26. The highest BCUT2D eigenvalue weighted by Crippen LogP contribution is 2.48. The van der Waals surface area contributed by atoms with E-state index in [1.54, 1.807) is 0 Å². The molecule has 21 heavy (non-hydrogen) atoms. The highest BCUT2D eigenvalue weighted by Gasteiger charge is 2.14. The third-order valence-corrected chi connectivity index (χ3v) is 9.50. The van der Waals surface area contributed by atoms with Crippen LogP contribution in [0.3, 0.4) is 0 Å². The van der Waals surface area contributed by atoms with E-state index in [0.29, 0.717) is 0 Å². The first-order valence-electron chi connectivity index (χ1n) is 7.24. The fraction of sp³-hybridized carbons (Fsp3) is 0.158. The molecule has 2 aromatic carbocycles. The van der Waals surface area contributed by atoms with Gasteiger partial charge in [0.05, 0.1) is 0 Å². The summed E-state index contributed by atoms with van der Waals surface area (Å²) < 4.78 is 0. The van der Waals surface area contributed by atoms with E-state index in [0.717, 1.165) is 0 Å². The van der Waals surface area contributed by atoms with Crippen molar-refractivity contribution in [2.24, 2.45) is 0 Å². The van der Waals surface area contributed by atoms with Gasteiger partial charge in [-0.25, -0.2) is 0 Å². The quantitative estimate of drug-likeness (QED) is 0.567. The van der Waals surface area contributed by atoms with Gasteiger partial charge in [0.25, 0.3) is 0 Å². The molecular weight excluding hydrogens is 290 g/mol. The van der Waals surface area contributed by atoms with Gasteiger partial charge in [-0.2, -0.15) is 0 Å². The van der Waals surface area contributed by atoms with Crippen LogP contribution >= 0.6 is 15.5 Å². The molecule has 0 atom stereocenters. The summed E-state index contributed by atoms with van der Waals surface area (Å²) in [6.07, 6.45) is 0. The van der Waals surface area contributed by atoms with Crippen LogP contribution in [0.2, 0.25) is 0 Å². The van der Waals surface area contributed by atoms with Gasteiger partial charge in [-0.3, -0.25) is 0 Å². The van der Waals surface area contributed by atoms with Crippen molar-refractivity contribution in [1.29, 1.82) is 0 Å². The zero-order valence-electron chi connectivity index (χ0n) is 12.5. The molecule has 1 heterocycles. The fourth-order valence-corrected chi connectivity index (χ4v) is 8.62. The van der Waals surface area contributed by atoms with Crippen LogP contribution in [-0.2, 0) is 5.90 Å². The van der Waals surface area contributed by atoms with E-state index in [9.17, 15) is 0 Å². The summed E-state index contributed by atoms with van der Waals surface area (Å²) in [6.45, 7) is 4.48. The van der Waals surface area contributed by atoms with Gasteiger partial charge in [-0.1, -0.05) is 60.7 Å². The molecule has 0 fully saturated rings. The van der Waals surface area contributed by atoms with Crippen LogP contribution < -0.4 is 10.6 Å². The Bertz CT molecular complexity index is 640. The number of hydrogen-bond acceptors (Lipinski definition) is 0. The van der Waals surface area contributed by atoms with Crippen molar-refractivity contribution in [3.8, 4) is 0 Å². The van der Waals surface area contributed by atoms with E-state index < -0.39 is 0 Å². The number of aryl methyl sites for hydroxylation is 2. The molecule has 2 heteroatoms. The van der Waals surface area contributed by atoms with E-state index >= 15 is 0 Å². The van der Waals surface area contributed by atoms with Crippen LogP contribution in [0.4, 0.5) is 0 Å². The molecule has 0 aliphatic heterocycles. The predicted molar refractivity (Wildman–Crippen MR) is 97.7 cm³/mol. The second-order valence-corrected chi connectivity index (χ2v) is 9.94. The Kier molecular flexibility index (Phi) is 4.59. The summed E-state index contributed by atoms with van der Waals surface area (Å²) in [5.41, 5.74) is 2.94. The Labute approximate surface area is 129 Å².